The molecule has 6 nitrogen and oxygen atoms in total. The molecule has 0 spiro atoms. The number of halogens is 1. The fraction of sp³-hybridized carbons (Fsp3) is 0.500. The van der Waals surface area contributed by atoms with Gasteiger partial charge in [0.25, 0.3) is 0 Å². The van der Waals surface area contributed by atoms with Crippen LogP contribution in [0.25, 0.3) is 0 Å². The van der Waals surface area contributed by atoms with Crippen LogP contribution < -0.4 is 5.32 Å². The number of hydrogen-bond acceptors (Lipinski definition) is 4. The zero-order valence-electron chi connectivity index (χ0n) is 14.9. The Hall–Kier alpha value is -1.73. The molecule has 1 fully saturated rings. The Labute approximate surface area is 163 Å². The molecule has 3 amide bonds. The molecule has 1 heterocycles. The average Bonchev–Trinajstić information content (AvgIpc) is 2.64. The van der Waals surface area contributed by atoms with E-state index in [0.717, 1.165) is 10.6 Å². The zero-order valence-corrected chi connectivity index (χ0v) is 16.4. The molecule has 0 aromatic heterocycles. The minimum absolute atomic E-state index is 0.0288. The summed E-state index contributed by atoms with van der Waals surface area (Å²) < 4.78 is 0. The molecule has 0 bridgehead atoms. The van der Waals surface area contributed by atoms with E-state index in [1.807, 2.05) is 24.3 Å². The highest BCUT2D eigenvalue weighted by molar-refractivity contribution is 7.99. The Morgan fingerprint density at radius 2 is 1.65 bits per heavy atom. The molecule has 0 unspecified atom stereocenters. The monoisotopic (exact) mass is 397 g/mol. The highest BCUT2D eigenvalue weighted by Crippen LogP contribution is 2.19. The molecule has 1 aromatic rings. The van der Waals surface area contributed by atoms with Gasteiger partial charge in [0.1, 0.15) is 0 Å². The predicted octanol–water partition coefficient (Wildman–Crippen LogP) is 2.02. The van der Waals surface area contributed by atoms with Crippen molar-refractivity contribution in [2.75, 3.05) is 38.5 Å². The number of carbonyl (C=O) groups is 3. The van der Waals surface area contributed by atoms with Gasteiger partial charge in [-0.1, -0.05) is 11.6 Å². The minimum Gasteiger partial charge on any atom is -0.355 e. The second-order valence-corrected chi connectivity index (χ2v) is 7.64. The topological polar surface area (TPSA) is 69.7 Å². The number of nitrogens with zero attached hydrogens (tertiary/aromatic N) is 2. The van der Waals surface area contributed by atoms with E-state index in [2.05, 4.69) is 5.32 Å². The van der Waals surface area contributed by atoms with Gasteiger partial charge >= 0.3 is 0 Å². The summed E-state index contributed by atoms with van der Waals surface area (Å²) in [6.07, 6.45) is 0.396. The lowest BCUT2D eigenvalue weighted by atomic mass is 10.2. The first-order valence-corrected chi connectivity index (χ1v) is 10.0. The van der Waals surface area contributed by atoms with Crippen molar-refractivity contribution >= 4 is 41.1 Å². The number of thioether (sulfide) groups is 1. The third-order valence-electron chi connectivity index (χ3n) is 4.15. The standard InChI is InChI=1S/C18H24ClN3O3S/c1-14(23)21-9-11-22(12-10-21)18(25)7-6-17(24)20-8-13-26-16-4-2-15(19)3-5-16/h2-5H,6-13H2,1H3,(H,20,24). The van der Waals surface area contributed by atoms with Gasteiger partial charge in [-0.15, -0.1) is 11.8 Å². The first-order chi connectivity index (χ1) is 12.5. The van der Waals surface area contributed by atoms with Crippen molar-refractivity contribution < 1.29 is 14.4 Å². The molecule has 1 N–H and O–H groups in total. The Kier molecular flexibility index (Phi) is 8.25. The van der Waals surface area contributed by atoms with E-state index in [0.29, 0.717) is 37.7 Å². The number of rotatable bonds is 7. The van der Waals surface area contributed by atoms with E-state index in [4.69, 9.17) is 11.6 Å². The molecule has 26 heavy (non-hydrogen) atoms. The number of piperazine rings is 1. The number of nitrogens with one attached hydrogen (secondary N) is 1. The molecule has 8 heteroatoms. The Morgan fingerprint density at radius 3 is 2.27 bits per heavy atom. The summed E-state index contributed by atoms with van der Waals surface area (Å²) in [5.74, 6) is 0.651. The molecule has 0 radical (unpaired) electrons. The van der Waals surface area contributed by atoms with Gasteiger partial charge in [0.2, 0.25) is 17.7 Å². The van der Waals surface area contributed by atoms with E-state index in [1.165, 1.54) is 6.92 Å². The van der Waals surface area contributed by atoms with Crippen molar-refractivity contribution in [1.82, 2.24) is 15.1 Å². The summed E-state index contributed by atoms with van der Waals surface area (Å²) in [4.78, 5) is 39.9. The molecule has 1 aliphatic heterocycles. The minimum atomic E-state index is -0.113. The van der Waals surface area contributed by atoms with E-state index < -0.39 is 0 Å². The molecule has 2 rings (SSSR count). The van der Waals surface area contributed by atoms with E-state index in [1.54, 1.807) is 21.6 Å². The van der Waals surface area contributed by atoms with Crippen molar-refractivity contribution in [2.45, 2.75) is 24.7 Å². The Balaban J connectivity index is 1.57. The second-order valence-electron chi connectivity index (χ2n) is 6.04. The molecular formula is C18H24ClN3O3S. The zero-order chi connectivity index (χ0) is 18.9. The molecule has 1 aromatic carbocycles. The van der Waals surface area contributed by atoms with Crippen LogP contribution in [0.5, 0.6) is 0 Å². The van der Waals surface area contributed by atoms with Gasteiger partial charge in [0, 0.05) is 68.2 Å². The number of carbonyl (C=O) groups excluding carboxylic acids is 3. The van der Waals surface area contributed by atoms with Crippen LogP contribution in [0.4, 0.5) is 0 Å². The van der Waals surface area contributed by atoms with Crippen molar-refractivity contribution in [3.63, 3.8) is 0 Å². The van der Waals surface area contributed by atoms with Gasteiger partial charge in [0.15, 0.2) is 0 Å². The van der Waals surface area contributed by atoms with Crippen LogP contribution >= 0.6 is 23.4 Å². The second kappa shape index (κ2) is 10.4. The summed E-state index contributed by atoms with van der Waals surface area (Å²) in [5, 5.41) is 3.54. The lowest BCUT2D eigenvalue weighted by molar-refractivity contribution is -0.139. The molecule has 0 atom stereocenters. The third kappa shape index (κ3) is 6.88. The molecule has 142 valence electrons. The maximum atomic E-state index is 12.1. The van der Waals surface area contributed by atoms with Crippen molar-refractivity contribution in [3.8, 4) is 0 Å². The van der Waals surface area contributed by atoms with E-state index >= 15 is 0 Å². The van der Waals surface area contributed by atoms with Crippen molar-refractivity contribution in [2.24, 2.45) is 0 Å². The van der Waals surface area contributed by atoms with Gasteiger partial charge in [0.05, 0.1) is 0 Å². The van der Waals surface area contributed by atoms with Crippen LogP contribution in [-0.2, 0) is 14.4 Å². The van der Waals surface area contributed by atoms with E-state index in [9.17, 15) is 14.4 Å². The average molecular weight is 398 g/mol. The van der Waals surface area contributed by atoms with Crippen LogP contribution in [0.3, 0.4) is 0 Å². The largest absolute Gasteiger partial charge is 0.355 e. The lowest BCUT2D eigenvalue weighted by Gasteiger charge is -2.34. The maximum Gasteiger partial charge on any atom is 0.223 e. The summed E-state index contributed by atoms with van der Waals surface area (Å²) >= 11 is 7.48. The summed E-state index contributed by atoms with van der Waals surface area (Å²) in [6, 6.07) is 7.56. The van der Waals surface area contributed by atoms with Gasteiger partial charge in [-0.25, -0.2) is 0 Å². The van der Waals surface area contributed by atoms with Gasteiger partial charge in [-0.3, -0.25) is 14.4 Å². The summed E-state index contributed by atoms with van der Waals surface area (Å²) in [5.41, 5.74) is 0. The highest BCUT2D eigenvalue weighted by Gasteiger charge is 2.22. The van der Waals surface area contributed by atoms with Crippen LogP contribution in [0.2, 0.25) is 5.02 Å². The van der Waals surface area contributed by atoms with Gasteiger partial charge < -0.3 is 15.1 Å². The fourth-order valence-corrected chi connectivity index (χ4v) is 3.52. The van der Waals surface area contributed by atoms with Crippen LogP contribution in [0.15, 0.2) is 29.2 Å². The lowest BCUT2D eigenvalue weighted by Crippen LogP contribution is -2.50. The van der Waals surface area contributed by atoms with E-state index in [-0.39, 0.29) is 30.6 Å². The predicted molar refractivity (Wildman–Crippen MR) is 103 cm³/mol. The first-order valence-electron chi connectivity index (χ1n) is 8.64. The van der Waals surface area contributed by atoms with Gasteiger partial charge in [-0.2, -0.15) is 0 Å². The van der Waals surface area contributed by atoms with Crippen LogP contribution in [0.1, 0.15) is 19.8 Å². The van der Waals surface area contributed by atoms with Crippen molar-refractivity contribution in [1.29, 1.82) is 0 Å². The highest BCUT2D eigenvalue weighted by atomic mass is 35.5. The summed E-state index contributed by atoms with van der Waals surface area (Å²) in [6.45, 7) is 4.30. The molecule has 0 saturated carbocycles. The maximum absolute atomic E-state index is 12.1. The van der Waals surface area contributed by atoms with Crippen LogP contribution in [-0.4, -0.2) is 66.0 Å². The number of benzene rings is 1. The smallest absolute Gasteiger partial charge is 0.223 e. The van der Waals surface area contributed by atoms with Gasteiger partial charge in [-0.05, 0) is 24.3 Å². The van der Waals surface area contributed by atoms with Crippen LogP contribution in [0, 0.1) is 0 Å². The first kappa shape index (κ1) is 20.6. The Bertz CT molecular complexity index is 631. The molecule has 0 aliphatic carbocycles. The number of amides is 3. The molecular weight excluding hydrogens is 374 g/mol. The fourth-order valence-electron chi connectivity index (χ4n) is 2.63. The quantitative estimate of drug-likeness (QED) is 0.564. The number of hydrogen-bond donors (Lipinski definition) is 1. The normalized spacial score (nSPS) is 14.2. The molecule has 1 aliphatic rings. The van der Waals surface area contributed by atoms with Crippen molar-refractivity contribution in [3.05, 3.63) is 29.3 Å². The Morgan fingerprint density at radius 1 is 1.04 bits per heavy atom. The SMILES string of the molecule is CC(=O)N1CCN(C(=O)CCC(=O)NCCSc2ccc(Cl)cc2)CC1. The molecule has 1 saturated heterocycles. The third-order valence-corrected chi connectivity index (χ3v) is 5.42. The summed E-state index contributed by atoms with van der Waals surface area (Å²) in [7, 11) is 0.